The first-order valence-electron chi connectivity index (χ1n) is 5.52. The van der Waals surface area contributed by atoms with Crippen molar-refractivity contribution in [2.45, 2.75) is 25.7 Å². The number of halogens is 1. The Balaban J connectivity index is 2.54. The molecule has 0 bridgehead atoms. The fourth-order valence-corrected chi connectivity index (χ4v) is 1.19. The highest BCUT2D eigenvalue weighted by atomic mass is 79.9. The van der Waals surface area contributed by atoms with Crippen LogP contribution in [0.3, 0.4) is 0 Å². The third kappa shape index (κ3) is 0.888. The van der Waals surface area contributed by atoms with Gasteiger partial charge in [-0.25, -0.2) is 0 Å². The van der Waals surface area contributed by atoms with Crippen LogP contribution in [0, 0.1) is 6.85 Å². The van der Waals surface area contributed by atoms with Gasteiger partial charge in [-0.1, -0.05) is 0 Å². The van der Waals surface area contributed by atoms with Gasteiger partial charge in [-0.15, -0.1) is 0 Å². The van der Waals surface area contributed by atoms with E-state index in [1.165, 1.54) is 4.68 Å². The van der Waals surface area contributed by atoms with Crippen molar-refractivity contribution in [2.24, 2.45) is 0 Å². The number of nitrogens with zero attached hydrogens (tertiary/aromatic N) is 2. The lowest BCUT2D eigenvalue weighted by Crippen LogP contribution is -1.95. The smallest absolute Gasteiger partial charge is 0.107 e. The molecule has 1 aromatic rings. The molecule has 1 aromatic heterocycles. The summed E-state index contributed by atoms with van der Waals surface area (Å²) in [5, 5.41) is 3.80. The fraction of sp³-hybridized carbons (Fsp3) is 0.571. The lowest BCUT2D eigenvalue weighted by molar-refractivity contribution is 0.627. The lowest BCUT2D eigenvalue weighted by atomic mass is 10.4. The zero-order valence-electron chi connectivity index (χ0n) is 10.2. The SMILES string of the molecule is [2H]c1nn(C2([2H])CC2)c(Br)c1C([2H])([2H])[2H]. The minimum absolute atomic E-state index is 0.110. The van der Waals surface area contributed by atoms with Crippen molar-refractivity contribution >= 4 is 15.9 Å². The van der Waals surface area contributed by atoms with Crippen LogP contribution in [0.25, 0.3) is 0 Å². The molecule has 1 aliphatic carbocycles. The van der Waals surface area contributed by atoms with E-state index >= 15 is 0 Å². The Bertz CT molecular complexity index is 406. The molecule has 1 fully saturated rings. The summed E-state index contributed by atoms with van der Waals surface area (Å²) >= 11 is 3.11. The van der Waals surface area contributed by atoms with Crippen LogP contribution < -0.4 is 0 Å². The molecule has 0 radical (unpaired) electrons. The molecule has 3 heteroatoms. The summed E-state index contributed by atoms with van der Waals surface area (Å²) in [4.78, 5) is 0. The van der Waals surface area contributed by atoms with E-state index in [4.69, 9.17) is 6.85 Å². The average Bonchev–Trinajstić information content (AvgIpc) is 2.69. The van der Waals surface area contributed by atoms with Crippen LogP contribution in [0.4, 0.5) is 0 Å². The second kappa shape index (κ2) is 2.09. The number of rotatable bonds is 1. The zero-order valence-corrected chi connectivity index (χ0v) is 6.77. The minimum atomic E-state index is -2.36. The van der Waals surface area contributed by atoms with Gasteiger partial charge in [-0.05, 0) is 35.6 Å². The van der Waals surface area contributed by atoms with Crippen molar-refractivity contribution in [2.75, 3.05) is 0 Å². The molecule has 1 aliphatic rings. The second-order valence-corrected chi connectivity index (χ2v) is 3.01. The molecule has 1 saturated carbocycles. The molecule has 1 heterocycles. The molecule has 0 unspecified atom stereocenters. The quantitative estimate of drug-likeness (QED) is 0.689. The molecule has 0 spiro atoms. The molecule has 2 nitrogen and oxygen atoms in total. The van der Waals surface area contributed by atoms with E-state index in [1.54, 1.807) is 0 Å². The van der Waals surface area contributed by atoms with E-state index in [0.717, 1.165) is 0 Å². The molecule has 0 aliphatic heterocycles. The maximum Gasteiger partial charge on any atom is 0.107 e. The number of hydrogen-bond donors (Lipinski definition) is 0. The average molecular weight is 206 g/mol. The summed E-state index contributed by atoms with van der Waals surface area (Å²) in [7, 11) is 0. The van der Waals surface area contributed by atoms with Crippen LogP contribution in [0.15, 0.2) is 10.8 Å². The Morgan fingerprint density at radius 2 is 2.90 bits per heavy atom. The van der Waals surface area contributed by atoms with E-state index in [9.17, 15) is 0 Å². The molecule has 0 saturated heterocycles. The predicted octanol–water partition coefficient (Wildman–Crippen LogP) is 2.29. The lowest BCUT2D eigenvalue weighted by Gasteiger charge is -1.97. The number of hydrogen-bond acceptors (Lipinski definition) is 1. The molecule has 10 heavy (non-hydrogen) atoms. The van der Waals surface area contributed by atoms with Gasteiger partial charge < -0.3 is 0 Å². The van der Waals surface area contributed by atoms with Crippen molar-refractivity contribution in [3.8, 4) is 0 Å². The Morgan fingerprint density at radius 3 is 3.40 bits per heavy atom. The first-order valence-corrected chi connectivity index (χ1v) is 3.81. The molecule has 0 N–H and O–H groups in total. The van der Waals surface area contributed by atoms with E-state index < -0.39 is 12.9 Å². The topological polar surface area (TPSA) is 17.8 Å². The Hall–Kier alpha value is -0.310. The van der Waals surface area contributed by atoms with Gasteiger partial charge in [-0.3, -0.25) is 4.68 Å². The Morgan fingerprint density at radius 1 is 2.10 bits per heavy atom. The molecule has 0 atom stereocenters. The van der Waals surface area contributed by atoms with Gasteiger partial charge in [0.1, 0.15) is 4.60 Å². The van der Waals surface area contributed by atoms with Crippen LogP contribution in [-0.2, 0) is 0 Å². The minimum Gasteiger partial charge on any atom is -0.255 e. The van der Waals surface area contributed by atoms with E-state index in [0.29, 0.717) is 12.8 Å². The highest BCUT2D eigenvalue weighted by Gasteiger charge is 2.26. The Labute approximate surface area is 75.4 Å². The third-order valence-corrected chi connectivity index (χ3v) is 2.16. The van der Waals surface area contributed by atoms with Gasteiger partial charge in [0, 0.05) is 9.68 Å². The molecule has 2 rings (SSSR count). The first-order chi connectivity index (χ1) is 6.76. The monoisotopic (exact) mass is 205 g/mol. The normalized spacial score (nSPS) is 29.5. The molecular formula is C7H9BrN2. The number of aromatic nitrogens is 2. The summed E-state index contributed by atoms with van der Waals surface area (Å²) in [6.07, 6.45) is 1.01. The van der Waals surface area contributed by atoms with Gasteiger partial charge in [0.05, 0.1) is 14.9 Å². The summed E-state index contributed by atoms with van der Waals surface area (Å²) in [5.41, 5.74) is -0.110. The van der Waals surface area contributed by atoms with Gasteiger partial charge in [-0.2, -0.15) is 5.10 Å². The van der Waals surface area contributed by atoms with Crippen LogP contribution in [0.5, 0.6) is 0 Å². The molecule has 0 aromatic carbocycles. The maximum absolute atomic E-state index is 7.84. The summed E-state index contributed by atoms with van der Waals surface area (Å²) in [6.45, 7) is -2.36. The first kappa shape index (κ1) is 2.97. The van der Waals surface area contributed by atoms with Gasteiger partial charge in [0.2, 0.25) is 0 Å². The van der Waals surface area contributed by atoms with E-state index in [2.05, 4.69) is 21.0 Å². The summed E-state index contributed by atoms with van der Waals surface area (Å²) < 4.78 is 38.6. The third-order valence-electron chi connectivity index (χ3n) is 1.43. The van der Waals surface area contributed by atoms with E-state index in [1.807, 2.05) is 0 Å². The predicted molar refractivity (Wildman–Crippen MR) is 42.9 cm³/mol. The van der Waals surface area contributed by atoms with Gasteiger partial charge in [0.15, 0.2) is 0 Å². The summed E-state index contributed by atoms with van der Waals surface area (Å²) in [6, 6.07) is -0.849. The highest BCUT2D eigenvalue weighted by Crippen LogP contribution is 2.37. The Kier molecular flexibility index (Phi) is 0.621. The van der Waals surface area contributed by atoms with Crippen LogP contribution in [0.2, 0.25) is 0 Å². The van der Waals surface area contributed by atoms with E-state index in [-0.39, 0.29) is 16.3 Å². The summed E-state index contributed by atoms with van der Waals surface area (Å²) in [5.74, 6) is 0. The molecular weight excluding hydrogens is 192 g/mol. The maximum atomic E-state index is 7.84. The van der Waals surface area contributed by atoms with Gasteiger partial charge >= 0.3 is 0 Å². The molecule has 54 valence electrons. The molecule has 0 amide bonds. The fourth-order valence-electron chi connectivity index (χ4n) is 0.773. The van der Waals surface area contributed by atoms with Crippen LogP contribution in [-0.4, -0.2) is 9.78 Å². The van der Waals surface area contributed by atoms with Crippen LogP contribution >= 0.6 is 15.9 Å². The van der Waals surface area contributed by atoms with Crippen LogP contribution in [0.1, 0.15) is 31.3 Å². The van der Waals surface area contributed by atoms with Crippen molar-refractivity contribution in [1.29, 1.82) is 0 Å². The van der Waals surface area contributed by atoms with Gasteiger partial charge in [0.25, 0.3) is 0 Å². The van der Waals surface area contributed by atoms with Crippen molar-refractivity contribution in [3.63, 3.8) is 0 Å². The van der Waals surface area contributed by atoms with Crippen molar-refractivity contribution in [3.05, 3.63) is 16.3 Å². The van der Waals surface area contributed by atoms with Crippen molar-refractivity contribution in [1.82, 2.24) is 9.78 Å². The zero-order chi connectivity index (χ0) is 11.4. The van der Waals surface area contributed by atoms with Crippen molar-refractivity contribution < 1.29 is 6.85 Å². The largest absolute Gasteiger partial charge is 0.255 e. The standard InChI is InChI=1S/C7H9BrN2/c1-5-4-9-10(7(5)8)6-2-3-6/h4,6H,2-3H2,1H3/i1D3,4D,6D. The highest BCUT2D eigenvalue weighted by molar-refractivity contribution is 9.10. The second-order valence-electron chi connectivity index (χ2n) is 2.26.